The quantitative estimate of drug-likeness (QED) is 0.565. The van der Waals surface area contributed by atoms with Crippen LogP contribution in [0, 0.1) is 20.2 Å². The number of nitro benzene ring substituents is 2. The lowest BCUT2D eigenvalue weighted by Crippen LogP contribution is -2.17. The Hall–Kier alpha value is -4.03. The number of alkyl halides is 3. The van der Waals surface area contributed by atoms with Crippen LogP contribution in [-0.2, 0) is 11.0 Å². The minimum absolute atomic E-state index is 0.168. The van der Waals surface area contributed by atoms with Gasteiger partial charge in [0.15, 0.2) is 0 Å². The van der Waals surface area contributed by atoms with Gasteiger partial charge >= 0.3 is 6.18 Å². The molecule has 2 amide bonds. The predicted octanol–water partition coefficient (Wildman–Crippen LogP) is 3.73. The number of rotatable bonds is 5. The van der Waals surface area contributed by atoms with E-state index in [1.54, 1.807) is 0 Å². The summed E-state index contributed by atoms with van der Waals surface area (Å²) < 4.78 is 38.9. The van der Waals surface area contributed by atoms with Gasteiger partial charge in [-0.1, -0.05) is 0 Å². The number of nitro groups is 2. The average molecular weight is 412 g/mol. The minimum atomic E-state index is -4.75. The van der Waals surface area contributed by atoms with Crippen LogP contribution in [0.2, 0.25) is 0 Å². The second-order valence-electron chi connectivity index (χ2n) is 5.65. The Labute approximate surface area is 159 Å². The first kappa shape index (κ1) is 21.3. The molecule has 2 N–H and O–H groups in total. The van der Waals surface area contributed by atoms with Gasteiger partial charge in [0, 0.05) is 19.1 Å². The lowest BCUT2D eigenvalue weighted by molar-refractivity contribution is -0.394. The van der Waals surface area contributed by atoms with E-state index in [9.17, 15) is 43.0 Å². The summed E-state index contributed by atoms with van der Waals surface area (Å²) in [5, 5.41) is 26.1. The number of halogens is 3. The van der Waals surface area contributed by atoms with E-state index in [4.69, 9.17) is 0 Å². The van der Waals surface area contributed by atoms with Gasteiger partial charge in [-0.2, -0.15) is 13.2 Å². The SMILES string of the molecule is CC(=O)Nc1ccc(C(F)(F)F)cc1NC(=O)c1cc([N+](=O)[O-])cc([N+](=O)[O-])c1. The van der Waals surface area contributed by atoms with Gasteiger partial charge in [0.25, 0.3) is 17.3 Å². The Kier molecular flexibility index (Phi) is 5.81. The number of benzene rings is 2. The first-order valence-electron chi connectivity index (χ1n) is 7.62. The van der Waals surface area contributed by atoms with Crippen LogP contribution in [0.15, 0.2) is 36.4 Å². The molecule has 2 aromatic rings. The smallest absolute Gasteiger partial charge is 0.325 e. The maximum atomic E-state index is 13.0. The van der Waals surface area contributed by atoms with Crippen LogP contribution in [0.1, 0.15) is 22.8 Å². The highest BCUT2D eigenvalue weighted by Gasteiger charge is 2.31. The Morgan fingerprint density at radius 3 is 1.90 bits per heavy atom. The third kappa shape index (κ3) is 5.24. The molecule has 0 unspecified atom stereocenters. The van der Waals surface area contributed by atoms with E-state index >= 15 is 0 Å². The summed E-state index contributed by atoms with van der Waals surface area (Å²) in [6, 6.07) is 4.23. The first-order valence-corrected chi connectivity index (χ1v) is 7.62. The highest BCUT2D eigenvalue weighted by molar-refractivity contribution is 6.07. The van der Waals surface area contributed by atoms with Crippen molar-refractivity contribution < 1.29 is 32.6 Å². The second-order valence-corrected chi connectivity index (χ2v) is 5.65. The topological polar surface area (TPSA) is 144 Å². The standard InChI is InChI=1S/C16H11F3N4O6/c1-8(24)20-13-3-2-10(16(17,18)19)6-14(13)21-15(25)9-4-11(22(26)27)7-12(5-9)23(28)29/h2-7H,1H3,(H,20,24)(H,21,25). The molecule has 0 spiro atoms. The molecule has 0 aliphatic carbocycles. The molecular weight excluding hydrogens is 401 g/mol. The highest BCUT2D eigenvalue weighted by Crippen LogP contribution is 2.34. The molecule has 0 saturated carbocycles. The second kappa shape index (κ2) is 7.92. The van der Waals surface area contributed by atoms with E-state index < -0.39 is 56.0 Å². The van der Waals surface area contributed by atoms with Crippen LogP contribution in [0.25, 0.3) is 0 Å². The molecule has 0 heterocycles. The number of amides is 2. The Balaban J connectivity index is 2.49. The fourth-order valence-electron chi connectivity index (χ4n) is 2.25. The summed E-state index contributed by atoms with van der Waals surface area (Å²) >= 11 is 0. The first-order chi connectivity index (χ1) is 13.4. The molecule has 0 saturated heterocycles. The van der Waals surface area contributed by atoms with E-state index in [2.05, 4.69) is 10.6 Å². The normalized spacial score (nSPS) is 10.9. The fraction of sp³-hybridized carbons (Fsp3) is 0.125. The van der Waals surface area contributed by atoms with Crippen molar-refractivity contribution >= 4 is 34.6 Å². The van der Waals surface area contributed by atoms with Crippen molar-refractivity contribution in [2.45, 2.75) is 13.1 Å². The highest BCUT2D eigenvalue weighted by atomic mass is 19.4. The maximum absolute atomic E-state index is 13.0. The largest absolute Gasteiger partial charge is 0.416 e. The van der Waals surface area contributed by atoms with Crippen molar-refractivity contribution in [3.63, 3.8) is 0 Å². The number of carbonyl (C=O) groups excluding carboxylic acids is 2. The average Bonchev–Trinajstić information content (AvgIpc) is 2.61. The summed E-state index contributed by atoms with van der Waals surface area (Å²) in [7, 11) is 0. The van der Waals surface area contributed by atoms with Gasteiger partial charge < -0.3 is 10.6 Å². The molecule has 10 nitrogen and oxygen atoms in total. The Morgan fingerprint density at radius 1 is 0.897 bits per heavy atom. The molecule has 0 aliphatic rings. The number of hydrogen-bond donors (Lipinski definition) is 2. The van der Waals surface area contributed by atoms with Crippen LogP contribution in [0.5, 0.6) is 0 Å². The lowest BCUT2D eigenvalue weighted by atomic mass is 10.1. The van der Waals surface area contributed by atoms with Gasteiger partial charge in [-0.25, -0.2) is 0 Å². The molecule has 29 heavy (non-hydrogen) atoms. The maximum Gasteiger partial charge on any atom is 0.416 e. The minimum Gasteiger partial charge on any atom is -0.325 e. The van der Waals surface area contributed by atoms with Gasteiger partial charge in [-0.05, 0) is 18.2 Å². The van der Waals surface area contributed by atoms with Crippen molar-refractivity contribution in [3.8, 4) is 0 Å². The Bertz CT molecular complexity index is 990. The van der Waals surface area contributed by atoms with E-state index in [1.165, 1.54) is 0 Å². The van der Waals surface area contributed by atoms with Crippen LogP contribution in [0.3, 0.4) is 0 Å². The van der Waals surface area contributed by atoms with Crippen molar-refractivity contribution in [1.29, 1.82) is 0 Å². The zero-order valence-corrected chi connectivity index (χ0v) is 14.4. The molecular formula is C16H11F3N4O6. The van der Waals surface area contributed by atoms with E-state index in [1.807, 2.05) is 0 Å². The molecule has 13 heteroatoms. The molecule has 0 radical (unpaired) electrons. The van der Waals surface area contributed by atoms with E-state index in [0.29, 0.717) is 18.2 Å². The van der Waals surface area contributed by atoms with Gasteiger partial charge in [-0.3, -0.25) is 29.8 Å². The van der Waals surface area contributed by atoms with Crippen LogP contribution >= 0.6 is 0 Å². The van der Waals surface area contributed by atoms with Crippen LogP contribution in [0.4, 0.5) is 35.9 Å². The zero-order valence-electron chi connectivity index (χ0n) is 14.4. The monoisotopic (exact) mass is 412 g/mol. The van der Waals surface area contributed by atoms with Gasteiger partial charge in [0.05, 0.1) is 38.4 Å². The predicted molar refractivity (Wildman–Crippen MR) is 93.5 cm³/mol. The lowest BCUT2D eigenvalue weighted by Gasteiger charge is -2.15. The molecule has 0 atom stereocenters. The summed E-state index contributed by atoms with van der Waals surface area (Å²) in [5.41, 5.74) is -3.79. The van der Waals surface area contributed by atoms with Crippen LogP contribution < -0.4 is 10.6 Å². The molecule has 0 fully saturated rings. The molecule has 2 rings (SSSR count). The number of non-ortho nitro benzene ring substituents is 2. The van der Waals surface area contributed by atoms with Crippen molar-refractivity contribution in [2.24, 2.45) is 0 Å². The number of nitrogens with zero attached hydrogens (tertiary/aromatic N) is 2. The summed E-state index contributed by atoms with van der Waals surface area (Å²) in [4.78, 5) is 43.6. The number of nitrogens with one attached hydrogen (secondary N) is 2. The van der Waals surface area contributed by atoms with Gasteiger partial charge in [-0.15, -0.1) is 0 Å². The van der Waals surface area contributed by atoms with Gasteiger partial charge in [0.2, 0.25) is 5.91 Å². The summed E-state index contributed by atoms with van der Waals surface area (Å²) in [6.07, 6.45) is -4.75. The van der Waals surface area contributed by atoms with Gasteiger partial charge in [0.1, 0.15) is 0 Å². The van der Waals surface area contributed by atoms with Crippen molar-refractivity contribution in [1.82, 2.24) is 0 Å². The zero-order chi connectivity index (χ0) is 21.9. The summed E-state index contributed by atoms with van der Waals surface area (Å²) in [6.45, 7) is 1.09. The van der Waals surface area contributed by atoms with Crippen molar-refractivity contribution in [2.75, 3.05) is 10.6 Å². The summed E-state index contributed by atoms with van der Waals surface area (Å²) in [5.74, 6) is -1.78. The third-order valence-electron chi connectivity index (χ3n) is 3.49. The van der Waals surface area contributed by atoms with Crippen molar-refractivity contribution in [3.05, 3.63) is 67.8 Å². The number of carbonyl (C=O) groups is 2. The molecule has 0 bridgehead atoms. The number of anilines is 2. The molecule has 0 aromatic heterocycles. The fourth-order valence-corrected chi connectivity index (χ4v) is 2.25. The Morgan fingerprint density at radius 2 is 1.45 bits per heavy atom. The van der Waals surface area contributed by atoms with E-state index in [-0.39, 0.29) is 5.69 Å². The molecule has 2 aromatic carbocycles. The van der Waals surface area contributed by atoms with E-state index in [0.717, 1.165) is 25.1 Å². The van der Waals surface area contributed by atoms with Crippen LogP contribution in [-0.4, -0.2) is 21.7 Å². The molecule has 152 valence electrons. The third-order valence-corrected chi connectivity index (χ3v) is 3.49. The number of hydrogen-bond acceptors (Lipinski definition) is 6. The molecule has 0 aliphatic heterocycles.